The molecule has 1 nitrogen and oxygen atoms in total. The van der Waals surface area contributed by atoms with Crippen LogP contribution in [-0.2, 0) is 6.42 Å². The zero-order valence-corrected chi connectivity index (χ0v) is 23.0. The molecule has 7 rings (SSSR count). The molecule has 5 aromatic rings. The minimum Gasteiger partial charge on any atom is -0.310 e. The molecule has 196 valence electrons. The third-order valence-electron chi connectivity index (χ3n) is 8.33. The van der Waals surface area contributed by atoms with E-state index in [4.69, 9.17) is 0 Å². The molecule has 0 radical (unpaired) electrons. The summed E-state index contributed by atoms with van der Waals surface area (Å²) in [6.45, 7) is 8.55. The summed E-state index contributed by atoms with van der Waals surface area (Å²) in [4.78, 5) is 2.35. The molecule has 41 heavy (non-hydrogen) atoms. The van der Waals surface area contributed by atoms with E-state index in [0.29, 0.717) is 5.92 Å². The molecule has 0 saturated carbocycles. The average Bonchev–Trinajstić information content (AvgIpc) is 3.03. The Balaban J connectivity index is 1.42. The maximum absolute atomic E-state index is 4.28. The Hall–Kier alpha value is -5.14. The first-order valence-corrected chi connectivity index (χ1v) is 14.2. The lowest BCUT2D eigenvalue weighted by atomic mass is 9.81. The van der Waals surface area contributed by atoms with Crippen LogP contribution in [0.15, 0.2) is 146 Å². The fraction of sp³-hybridized carbons (Fsp3) is 0.0500. The maximum Gasteiger partial charge on any atom is 0.0540 e. The Morgan fingerprint density at radius 2 is 1.49 bits per heavy atom. The van der Waals surface area contributed by atoms with E-state index in [9.17, 15) is 0 Å². The number of rotatable bonds is 6. The summed E-state index contributed by atoms with van der Waals surface area (Å²) in [5.74, 6) is 0.465. The molecule has 0 spiro atoms. The number of anilines is 3. The lowest BCUT2D eigenvalue weighted by Gasteiger charge is -2.30. The lowest BCUT2D eigenvalue weighted by molar-refractivity contribution is 0.759. The van der Waals surface area contributed by atoms with Crippen molar-refractivity contribution in [2.75, 3.05) is 4.90 Å². The second kappa shape index (κ2) is 10.4. The van der Waals surface area contributed by atoms with E-state index in [0.717, 1.165) is 40.2 Å². The molecule has 0 aromatic heterocycles. The fourth-order valence-corrected chi connectivity index (χ4v) is 6.35. The van der Waals surface area contributed by atoms with Gasteiger partial charge in [0.05, 0.1) is 5.69 Å². The van der Waals surface area contributed by atoms with Gasteiger partial charge in [0.15, 0.2) is 0 Å². The van der Waals surface area contributed by atoms with Crippen LogP contribution in [0.4, 0.5) is 17.1 Å². The highest BCUT2D eigenvalue weighted by atomic mass is 15.1. The third kappa shape index (κ3) is 4.37. The predicted molar refractivity (Wildman–Crippen MR) is 178 cm³/mol. The Labute approximate surface area is 242 Å². The number of benzene rings is 5. The van der Waals surface area contributed by atoms with Crippen LogP contribution in [0.3, 0.4) is 0 Å². The van der Waals surface area contributed by atoms with E-state index in [1.165, 1.54) is 33.0 Å². The first-order chi connectivity index (χ1) is 20.2. The molecule has 0 amide bonds. The molecule has 2 aliphatic carbocycles. The topological polar surface area (TPSA) is 3.24 Å². The van der Waals surface area contributed by atoms with Gasteiger partial charge in [0, 0.05) is 22.9 Å². The minimum absolute atomic E-state index is 0.465. The first-order valence-electron chi connectivity index (χ1n) is 14.2. The van der Waals surface area contributed by atoms with Crippen molar-refractivity contribution in [1.29, 1.82) is 0 Å². The Morgan fingerprint density at radius 3 is 2.34 bits per heavy atom. The van der Waals surface area contributed by atoms with Crippen molar-refractivity contribution in [1.82, 2.24) is 0 Å². The van der Waals surface area contributed by atoms with Gasteiger partial charge in [0.25, 0.3) is 0 Å². The summed E-state index contributed by atoms with van der Waals surface area (Å²) >= 11 is 0. The van der Waals surface area contributed by atoms with Crippen molar-refractivity contribution in [2.24, 2.45) is 5.92 Å². The van der Waals surface area contributed by atoms with Gasteiger partial charge >= 0.3 is 0 Å². The molecule has 0 aliphatic heterocycles. The molecule has 0 saturated heterocycles. The van der Waals surface area contributed by atoms with Gasteiger partial charge in [-0.15, -0.1) is 0 Å². The number of hydrogen-bond donors (Lipinski definition) is 0. The van der Waals surface area contributed by atoms with E-state index in [-0.39, 0.29) is 0 Å². The molecule has 0 bridgehead atoms. The third-order valence-corrected chi connectivity index (χ3v) is 8.33. The summed E-state index contributed by atoms with van der Waals surface area (Å²) in [7, 11) is 0. The molecule has 2 aliphatic rings. The van der Waals surface area contributed by atoms with Gasteiger partial charge in [0.1, 0.15) is 0 Å². The van der Waals surface area contributed by atoms with Gasteiger partial charge in [-0.05, 0) is 80.9 Å². The van der Waals surface area contributed by atoms with E-state index in [1.54, 1.807) is 0 Å². The van der Waals surface area contributed by atoms with Crippen LogP contribution in [0.2, 0.25) is 0 Å². The van der Waals surface area contributed by atoms with Gasteiger partial charge in [-0.1, -0.05) is 128 Å². The SMILES string of the molecule is C=Cc1c(-c2cccc3ccccc23)ccc(N(c2ccccc2)c2ccc3c(c2)C=C2C=CC=CC2C3)c1C=C. The molecule has 1 unspecified atom stereocenters. The largest absolute Gasteiger partial charge is 0.310 e. The number of para-hydroxylation sites is 1. The van der Waals surface area contributed by atoms with E-state index in [1.807, 2.05) is 12.2 Å². The van der Waals surface area contributed by atoms with Crippen molar-refractivity contribution >= 4 is 46.1 Å². The number of nitrogens with zero attached hydrogens (tertiary/aromatic N) is 1. The summed E-state index contributed by atoms with van der Waals surface area (Å²) in [6, 6.07) is 37.0. The molecule has 1 atom stereocenters. The van der Waals surface area contributed by atoms with Gasteiger partial charge in [-0.2, -0.15) is 0 Å². The van der Waals surface area contributed by atoms with Crippen LogP contribution in [0.25, 0.3) is 40.1 Å². The quantitative estimate of drug-likeness (QED) is 0.213. The van der Waals surface area contributed by atoms with Gasteiger partial charge < -0.3 is 4.90 Å². The van der Waals surface area contributed by atoms with E-state index < -0.39 is 0 Å². The highest BCUT2D eigenvalue weighted by Crippen LogP contribution is 2.44. The molecular weight excluding hydrogens is 494 g/mol. The van der Waals surface area contributed by atoms with E-state index >= 15 is 0 Å². The van der Waals surface area contributed by atoms with Crippen LogP contribution in [-0.4, -0.2) is 0 Å². The second-order valence-electron chi connectivity index (χ2n) is 10.6. The molecular formula is C40H31N. The van der Waals surface area contributed by atoms with Crippen molar-refractivity contribution in [3.8, 4) is 11.1 Å². The van der Waals surface area contributed by atoms with Crippen molar-refractivity contribution in [2.45, 2.75) is 6.42 Å². The Bertz CT molecular complexity index is 1900. The van der Waals surface area contributed by atoms with Crippen LogP contribution in [0.5, 0.6) is 0 Å². The lowest BCUT2D eigenvalue weighted by Crippen LogP contribution is -2.15. The Kier molecular flexibility index (Phi) is 6.34. The normalized spacial score (nSPS) is 15.1. The average molecular weight is 526 g/mol. The minimum atomic E-state index is 0.465. The van der Waals surface area contributed by atoms with E-state index in [2.05, 4.69) is 152 Å². The van der Waals surface area contributed by atoms with Crippen LogP contribution >= 0.6 is 0 Å². The monoisotopic (exact) mass is 525 g/mol. The summed E-state index contributed by atoms with van der Waals surface area (Å²) < 4.78 is 0. The van der Waals surface area contributed by atoms with Gasteiger partial charge in [-0.25, -0.2) is 0 Å². The summed E-state index contributed by atoms with van der Waals surface area (Å²) in [6.07, 6.45) is 16.2. The summed E-state index contributed by atoms with van der Waals surface area (Å²) in [5, 5.41) is 2.46. The van der Waals surface area contributed by atoms with Gasteiger partial charge in [-0.3, -0.25) is 0 Å². The highest BCUT2D eigenvalue weighted by molar-refractivity contribution is 6.01. The van der Waals surface area contributed by atoms with Gasteiger partial charge in [0.2, 0.25) is 0 Å². The smallest absolute Gasteiger partial charge is 0.0540 e. The first kappa shape index (κ1) is 24.9. The molecule has 5 aromatic carbocycles. The zero-order chi connectivity index (χ0) is 27.8. The fourth-order valence-electron chi connectivity index (χ4n) is 6.35. The molecule has 1 heteroatoms. The Morgan fingerprint density at radius 1 is 0.683 bits per heavy atom. The van der Waals surface area contributed by atoms with Crippen LogP contribution in [0.1, 0.15) is 22.3 Å². The van der Waals surface area contributed by atoms with Crippen LogP contribution < -0.4 is 4.90 Å². The van der Waals surface area contributed by atoms with Crippen molar-refractivity contribution in [3.05, 3.63) is 168 Å². The predicted octanol–water partition coefficient (Wildman–Crippen LogP) is 10.9. The summed E-state index contributed by atoms with van der Waals surface area (Å²) in [5.41, 5.74) is 11.8. The van der Waals surface area contributed by atoms with Crippen molar-refractivity contribution in [3.63, 3.8) is 0 Å². The highest BCUT2D eigenvalue weighted by Gasteiger charge is 2.23. The maximum atomic E-state index is 4.28. The second-order valence-corrected chi connectivity index (χ2v) is 10.6. The molecule has 0 fully saturated rings. The molecule has 0 N–H and O–H groups in total. The standard InChI is InChI=1S/C40H31N/c1-3-35-36(4-2)40(24-23-39(35)38-20-12-16-28-13-10-11-19-37(28)38)41(33-17-6-5-7-18-33)34-22-21-31-25-29-14-8-9-15-30(29)26-32(31)27-34/h3-24,26-27,29H,1-2,25H2. The van der Waals surface area contributed by atoms with Crippen molar-refractivity contribution < 1.29 is 0 Å². The molecule has 0 heterocycles. The zero-order valence-electron chi connectivity index (χ0n) is 23.0. The van der Waals surface area contributed by atoms with Crippen LogP contribution in [0, 0.1) is 5.92 Å². The number of allylic oxidation sites excluding steroid dienone is 5. The number of hydrogen-bond acceptors (Lipinski definition) is 1. The number of fused-ring (bicyclic) bond motifs is 3.